The lowest BCUT2D eigenvalue weighted by atomic mass is 9.99. The van der Waals surface area contributed by atoms with E-state index >= 15 is 0 Å². The molecule has 144 valence electrons. The summed E-state index contributed by atoms with van der Waals surface area (Å²) < 4.78 is 5.57. The highest BCUT2D eigenvalue weighted by molar-refractivity contribution is 7.14. The molecule has 0 saturated carbocycles. The van der Waals surface area contributed by atoms with Gasteiger partial charge >= 0.3 is 5.97 Å². The number of esters is 1. The quantitative estimate of drug-likeness (QED) is 0.594. The highest BCUT2D eigenvalue weighted by Gasteiger charge is 2.25. The predicted octanol–water partition coefficient (Wildman–Crippen LogP) is 5.35. The minimum absolute atomic E-state index is 0.298. The van der Waals surface area contributed by atoms with Gasteiger partial charge in [0.15, 0.2) is 6.10 Å². The first kappa shape index (κ1) is 18.7. The van der Waals surface area contributed by atoms with E-state index in [1.54, 1.807) is 0 Å². The van der Waals surface area contributed by atoms with Crippen LogP contribution in [0.3, 0.4) is 0 Å². The number of aryl methyl sites for hydroxylation is 2. The van der Waals surface area contributed by atoms with Crippen molar-refractivity contribution >= 4 is 39.7 Å². The van der Waals surface area contributed by atoms with Gasteiger partial charge in [0.1, 0.15) is 4.88 Å². The van der Waals surface area contributed by atoms with Crippen molar-refractivity contribution in [2.45, 2.75) is 45.1 Å². The summed E-state index contributed by atoms with van der Waals surface area (Å²) in [7, 11) is 0. The summed E-state index contributed by atoms with van der Waals surface area (Å²) in [5.74, 6) is -0.701. The first-order valence-corrected chi connectivity index (χ1v) is 10.6. The van der Waals surface area contributed by atoms with Gasteiger partial charge in [-0.15, -0.1) is 11.3 Å². The minimum Gasteiger partial charge on any atom is -0.448 e. The molecule has 4 rings (SSSR count). The topological polar surface area (TPSA) is 55.4 Å². The molecule has 1 N–H and O–H groups in total. The fraction of sp³-hybridized carbons (Fsp3) is 0.304. The third-order valence-corrected chi connectivity index (χ3v) is 6.37. The summed E-state index contributed by atoms with van der Waals surface area (Å²) in [4.78, 5) is 27.3. The van der Waals surface area contributed by atoms with Crippen LogP contribution in [0.2, 0.25) is 0 Å². The summed E-state index contributed by atoms with van der Waals surface area (Å²) in [6, 6.07) is 15.6. The van der Waals surface area contributed by atoms with Crippen molar-refractivity contribution < 1.29 is 14.3 Å². The summed E-state index contributed by atoms with van der Waals surface area (Å²) in [6.45, 7) is 1.85. The molecule has 2 aromatic carbocycles. The fourth-order valence-corrected chi connectivity index (χ4v) is 4.78. The Labute approximate surface area is 168 Å². The summed E-state index contributed by atoms with van der Waals surface area (Å²) >= 11 is 1.51. The Morgan fingerprint density at radius 2 is 1.89 bits per heavy atom. The van der Waals surface area contributed by atoms with E-state index in [0.717, 1.165) is 29.3 Å². The lowest BCUT2D eigenvalue weighted by Crippen LogP contribution is -2.32. The van der Waals surface area contributed by atoms with E-state index in [9.17, 15) is 9.59 Å². The molecule has 0 aliphatic heterocycles. The average Bonchev–Trinajstić information content (AvgIpc) is 3.16. The van der Waals surface area contributed by atoms with Crippen LogP contribution < -0.4 is 5.32 Å². The second-order valence-electron chi connectivity index (χ2n) is 7.08. The van der Waals surface area contributed by atoms with Crippen molar-refractivity contribution in [1.82, 2.24) is 0 Å². The van der Waals surface area contributed by atoms with Gasteiger partial charge < -0.3 is 10.1 Å². The molecule has 0 radical (unpaired) electrons. The molecular formula is C23H23NO3S. The first-order chi connectivity index (χ1) is 13.7. The number of carbonyl (C=O) groups is 2. The third-order valence-electron chi connectivity index (χ3n) is 5.16. The molecule has 1 heterocycles. The predicted molar refractivity (Wildman–Crippen MR) is 113 cm³/mol. The van der Waals surface area contributed by atoms with E-state index in [1.807, 2.05) is 55.5 Å². The molecule has 3 aromatic rings. The van der Waals surface area contributed by atoms with Crippen LogP contribution >= 0.6 is 11.3 Å². The Kier molecular flexibility index (Phi) is 5.44. The number of rotatable bonds is 5. The minimum atomic E-state index is -0.814. The molecule has 28 heavy (non-hydrogen) atoms. The fourth-order valence-electron chi connectivity index (χ4n) is 3.65. The van der Waals surface area contributed by atoms with Crippen LogP contribution in [0.1, 0.15) is 46.3 Å². The van der Waals surface area contributed by atoms with Crippen LogP contribution in [0.15, 0.2) is 48.5 Å². The Bertz CT molecular complexity index is 995. The number of anilines is 1. The highest BCUT2D eigenvalue weighted by Crippen LogP contribution is 2.30. The molecule has 0 spiro atoms. The second-order valence-corrected chi connectivity index (χ2v) is 8.22. The van der Waals surface area contributed by atoms with Crippen LogP contribution in [-0.4, -0.2) is 18.0 Å². The number of carbonyl (C=O) groups excluding carboxylic acids is 2. The molecule has 0 bridgehead atoms. The summed E-state index contributed by atoms with van der Waals surface area (Å²) in [5, 5.41) is 4.94. The smallest absolute Gasteiger partial charge is 0.349 e. The molecule has 5 heteroatoms. The lowest BCUT2D eigenvalue weighted by Gasteiger charge is -2.16. The van der Waals surface area contributed by atoms with E-state index in [2.05, 4.69) is 5.32 Å². The first-order valence-electron chi connectivity index (χ1n) is 9.77. The largest absolute Gasteiger partial charge is 0.448 e. The SMILES string of the molecule is CCC(OC(=O)c1cc2c(s1)CCCC2)C(=O)Nc1cccc2ccccc12. The second kappa shape index (κ2) is 8.15. The molecule has 1 aromatic heterocycles. The van der Waals surface area contributed by atoms with Crippen LogP contribution in [0.4, 0.5) is 5.69 Å². The van der Waals surface area contributed by atoms with Crippen molar-refractivity contribution in [1.29, 1.82) is 0 Å². The van der Waals surface area contributed by atoms with Crippen molar-refractivity contribution in [3.8, 4) is 0 Å². The molecule has 0 saturated heterocycles. The average molecular weight is 394 g/mol. The number of benzene rings is 2. The standard InChI is InChI=1S/C23H23NO3S/c1-2-19(27-23(26)21-14-16-9-4-6-13-20(16)28-21)22(25)24-18-12-7-10-15-8-3-5-11-17(15)18/h3,5,7-8,10-12,14,19H,2,4,6,9,13H2,1H3,(H,24,25). The summed E-state index contributed by atoms with van der Waals surface area (Å²) in [5.41, 5.74) is 1.99. The summed E-state index contributed by atoms with van der Waals surface area (Å²) in [6.07, 6.45) is 4.01. The van der Waals surface area contributed by atoms with Gasteiger partial charge in [-0.3, -0.25) is 4.79 Å². The van der Waals surface area contributed by atoms with Gasteiger partial charge in [-0.1, -0.05) is 43.3 Å². The van der Waals surface area contributed by atoms with Crippen molar-refractivity contribution in [2.24, 2.45) is 0 Å². The molecule has 4 nitrogen and oxygen atoms in total. The lowest BCUT2D eigenvalue weighted by molar-refractivity contribution is -0.124. The maximum Gasteiger partial charge on any atom is 0.349 e. The molecule has 1 unspecified atom stereocenters. The van der Waals surface area contributed by atoms with Crippen LogP contribution in [0.25, 0.3) is 10.8 Å². The maximum absolute atomic E-state index is 12.8. The zero-order chi connectivity index (χ0) is 19.5. The van der Waals surface area contributed by atoms with Gasteiger partial charge in [0.25, 0.3) is 5.91 Å². The van der Waals surface area contributed by atoms with Crippen molar-refractivity contribution in [3.63, 3.8) is 0 Å². The van der Waals surface area contributed by atoms with Gasteiger partial charge in [0, 0.05) is 16.0 Å². The highest BCUT2D eigenvalue weighted by atomic mass is 32.1. The van der Waals surface area contributed by atoms with E-state index in [0.29, 0.717) is 11.3 Å². The van der Waals surface area contributed by atoms with Gasteiger partial charge in [-0.25, -0.2) is 4.79 Å². The number of hydrogen-bond donors (Lipinski definition) is 1. The van der Waals surface area contributed by atoms with Gasteiger partial charge in [-0.2, -0.15) is 0 Å². The Morgan fingerprint density at radius 1 is 1.11 bits per heavy atom. The molecule has 1 aliphatic rings. The molecular weight excluding hydrogens is 370 g/mol. The van der Waals surface area contributed by atoms with Crippen LogP contribution in [0.5, 0.6) is 0 Å². The number of hydrogen-bond acceptors (Lipinski definition) is 4. The number of nitrogens with one attached hydrogen (secondary N) is 1. The maximum atomic E-state index is 12.8. The third kappa shape index (κ3) is 3.80. The molecule has 1 aliphatic carbocycles. The number of amides is 1. The van der Waals surface area contributed by atoms with Gasteiger partial charge in [0.05, 0.1) is 0 Å². The van der Waals surface area contributed by atoms with E-state index in [1.165, 1.54) is 34.6 Å². The number of ether oxygens (including phenoxy) is 1. The van der Waals surface area contributed by atoms with E-state index in [4.69, 9.17) is 4.74 Å². The normalized spacial score (nSPS) is 14.3. The molecule has 0 fully saturated rings. The van der Waals surface area contributed by atoms with Crippen LogP contribution in [-0.2, 0) is 22.4 Å². The Balaban J connectivity index is 1.48. The monoisotopic (exact) mass is 393 g/mol. The Hall–Kier alpha value is -2.66. The molecule has 1 atom stereocenters. The molecule has 1 amide bonds. The van der Waals surface area contributed by atoms with E-state index < -0.39 is 12.1 Å². The van der Waals surface area contributed by atoms with Crippen molar-refractivity contribution in [3.05, 3.63) is 63.8 Å². The number of fused-ring (bicyclic) bond motifs is 2. The van der Waals surface area contributed by atoms with Gasteiger partial charge in [0.2, 0.25) is 0 Å². The van der Waals surface area contributed by atoms with Crippen molar-refractivity contribution in [2.75, 3.05) is 5.32 Å². The van der Waals surface area contributed by atoms with Gasteiger partial charge in [-0.05, 0) is 55.2 Å². The van der Waals surface area contributed by atoms with Crippen LogP contribution in [0, 0.1) is 0 Å². The van der Waals surface area contributed by atoms with E-state index in [-0.39, 0.29) is 5.91 Å². The Morgan fingerprint density at radius 3 is 2.71 bits per heavy atom. The zero-order valence-corrected chi connectivity index (χ0v) is 16.7. The zero-order valence-electron chi connectivity index (χ0n) is 15.9. The number of thiophene rings is 1.